The van der Waals surface area contributed by atoms with Crippen LogP contribution in [-0.2, 0) is 16.1 Å². The van der Waals surface area contributed by atoms with Gasteiger partial charge < -0.3 is 15.4 Å². The van der Waals surface area contributed by atoms with Gasteiger partial charge >= 0.3 is 0 Å². The minimum absolute atomic E-state index is 0.0394. The van der Waals surface area contributed by atoms with E-state index >= 15 is 0 Å². The van der Waals surface area contributed by atoms with Crippen LogP contribution >= 0.6 is 0 Å². The van der Waals surface area contributed by atoms with Crippen molar-refractivity contribution in [3.05, 3.63) is 48.3 Å². The number of carbonyl (C=O) groups excluding carboxylic acids is 1. The standard InChI is InChI=1S/C16H20N4O2/c1-12-15(17-8-10-22-12)16(21)18-11-13-5-2-3-6-14(13)20-9-4-7-19-20/h2-7,9,12,15,17H,8,10-11H2,1H3,(H,18,21)/t12-,15+/m1/s1. The van der Waals surface area contributed by atoms with E-state index in [4.69, 9.17) is 4.74 Å². The number of amides is 1. The second-order valence-corrected chi connectivity index (χ2v) is 5.30. The first-order valence-electron chi connectivity index (χ1n) is 7.46. The largest absolute Gasteiger partial charge is 0.375 e. The molecular formula is C16H20N4O2. The number of hydrogen-bond donors (Lipinski definition) is 2. The van der Waals surface area contributed by atoms with Gasteiger partial charge in [-0.1, -0.05) is 18.2 Å². The molecular weight excluding hydrogens is 280 g/mol. The van der Waals surface area contributed by atoms with Gasteiger partial charge in [-0.05, 0) is 24.6 Å². The van der Waals surface area contributed by atoms with Crippen molar-refractivity contribution in [1.29, 1.82) is 0 Å². The van der Waals surface area contributed by atoms with Crippen LogP contribution in [0.25, 0.3) is 5.69 Å². The number of ether oxygens (including phenoxy) is 1. The summed E-state index contributed by atoms with van der Waals surface area (Å²) in [5, 5.41) is 10.4. The van der Waals surface area contributed by atoms with E-state index in [1.807, 2.05) is 43.5 Å². The summed E-state index contributed by atoms with van der Waals surface area (Å²) in [4.78, 5) is 12.3. The molecule has 2 aromatic rings. The van der Waals surface area contributed by atoms with Gasteiger partial charge in [0.2, 0.25) is 5.91 Å². The van der Waals surface area contributed by atoms with Crippen molar-refractivity contribution in [1.82, 2.24) is 20.4 Å². The van der Waals surface area contributed by atoms with Crippen LogP contribution in [-0.4, -0.2) is 41.0 Å². The molecule has 22 heavy (non-hydrogen) atoms. The van der Waals surface area contributed by atoms with Crippen molar-refractivity contribution in [3.8, 4) is 5.69 Å². The average Bonchev–Trinajstić information content (AvgIpc) is 3.07. The normalized spacial score (nSPS) is 21.5. The van der Waals surface area contributed by atoms with E-state index in [9.17, 15) is 4.79 Å². The fourth-order valence-corrected chi connectivity index (χ4v) is 2.61. The summed E-state index contributed by atoms with van der Waals surface area (Å²) in [5.41, 5.74) is 1.98. The third-order valence-electron chi connectivity index (χ3n) is 3.79. The molecule has 1 aromatic heterocycles. The van der Waals surface area contributed by atoms with Gasteiger partial charge in [-0.3, -0.25) is 4.79 Å². The number of nitrogens with one attached hydrogen (secondary N) is 2. The lowest BCUT2D eigenvalue weighted by atomic mass is 10.1. The number of morpholine rings is 1. The van der Waals surface area contributed by atoms with Gasteiger partial charge in [-0.15, -0.1) is 0 Å². The smallest absolute Gasteiger partial charge is 0.240 e. The third-order valence-corrected chi connectivity index (χ3v) is 3.79. The maximum atomic E-state index is 12.3. The van der Waals surface area contributed by atoms with Gasteiger partial charge in [0, 0.05) is 25.5 Å². The zero-order valence-corrected chi connectivity index (χ0v) is 12.5. The predicted molar refractivity (Wildman–Crippen MR) is 82.6 cm³/mol. The Bertz CT molecular complexity index is 627. The molecule has 6 nitrogen and oxygen atoms in total. The van der Waals surface area contributed by atoms with E-state index in [0.717, 1.165) is 11.3 Å². The van der Waals surface area contributed by atoms with Crippen LogP contribution in [0, 0.1) is 0 Å². The van der Waals surface area contributed by atoms with Crippen molar-refractivity contribution in [2.45, 2.75) is 25.6 Å². The molecule has 6 heteroatoms. The lowest BCUT2D eigenvalue weighted by Gasteiger charge is -2.29. The maximum Gasteiger partial charge on any atom is 0.240 e. The lowest BCUT2D eigenvalue weighted by molar-refractivity contribution is -0.129. The molecule has 2 atom stereocenters. The van der Waals surface area contributed by atoms with E-state index in [2.05, 4.69) is 15.7 Å². The fraction of sp³-hybridized carbons (Fsp3) is 0.375. The van der Waals surface area contributed by atoms with E-state index < -0.39 is 0 Å². The molecule has 1 saturated heterocycles. The van der Waals surface area contributed by atoms with Crippen molar-refractivity contribution < 1.29 is 9.53 Å². The predicted octanol–water partition coefficient (Wildman–Crippen LogP) is 0.865. The summed E-state index contributed by atoms with van der Waals surface area (Å²) < 4.78 is 7.31. The molecule has 0 saturated carbocycles. The van der Waals surface area contributed by atoms with E-state index in [0.29, 0.717) is 19.7 Å². The molecule has 1 aliphatic rings. The van der Waals surface area contributed by atoms with Crippen LogP contribution in [0.3, 0.4) is 0 Å². The number of nitrogens with zero attached hydrogens (tertiary/aromatic N) is 2. The summed E-state index contributed by atoms with van der Waals surface area (Å²) in [6, 6.07) is 9.47. The number of para-hydroxylation sites is 1. The van der Waals surface area contributed by atoms with Gasteiger partial charge in [-0.2, -0.15) is 5.10 Å². The van der Waals surface area contributed by atoms with Crippen molar-refractivity contribution in [2.24, 2.45) is 0 Å². The highest BCUT2D eigenvalue weighted by atomic mass is 16.5. The number of hydrogen-bond acceptors (Lipinski definition) is 4. The Kier molecular flexibility index (Phi) is 4.50. The SMILES string of the molecule is C[C@H]1OCCN[C@@H]1C(=O)NCc1ccccc1-n1cccn1. The topological polar surface area (TPSA) is 68.2 Å². The molecule has 1 aliphatic heterocycles. The molecule has 1 fully saturated rings. The molecule has 0 radical (unpaired) electrons. The molecule has 3 rings (SSSR count). The van der Waals surface area contributed by atoms with Gasteiger partial charge in [0.1, 0.15) is 6.04 Å². The molecule has 1 aromatic carbocycles. The molecule has 116 valence electrons. The Morgan fingerprint density at radius 2 is 2.32 bits per heavy atom. The summed E-state index contributed by atoms with van der Waals surface area (Å²) in [5.74, 6) is -0.0394. The summed E-state index contributed by atoms with van der Waals surface area (Å²) >= 11 is 0. The van der Waals surface area contributed by atoms with Crippen LogP contribution in [0.2, 0.25) is 0 Å². The van der Waals surface area contributed by atoms with Crippen LogP contribution in [0.1, 0.15) is 12.5 Å². The zero-order chi connectivity index (χ0) is 15.4. The minimum atomic E-state index is -0.300. The average molecular weight is 300 g/mol. The van der Waals surface area contributed by atoms with Crippen LogP contribution in [0.4, 0.5) is 0 Å². The van der Waals surface area contributed by atoms with Crippen molar-refractivity contribution in [3.63, 3.8) is 0 Å². The number of benzene rings is 1. The zero-order valence-electron chi connectivity index (χ0n) is 12.5. The minimum Gasteiger partial charge on any atom is -0.375 e. The van der Waals surface area contributed by atoms with Crippen LogP contribution in [0.5, 0.6) is 0 Å². The highest BCUT2D eigenvalue weighted by molar-refractivity contribution is 5.82. The maximum absolute atomic E-state index is 12.3. The van der Waals surface area contributed by atoms with Gasteiger partial charge in [0.25, 0.3) is 0 Å². The number of carbonyl (C=O) groups is 1. The van der Waals surface area contributed by atoms with E-state index in [1.165, 1.54) is 0 Å². The lowest BCUT2D eigenvalue weighted by Crippen LogP contribution is -2.55. The van der Waals surface area contributed by atoms with E-state index in [1.54, 1.807) is 10.9 Å². The Hall–Kier alpha value is -2.18. The Labute approximate surface area is 129 Å². The number of rotatable bonds is 4. The molecule has 0 aliphatic carbocycles. The molecule has 0 bridgehead atoms. The Morgan fingerprint density at radius 3 is 3.09 bits per heavy atom. The van der Waals surface area contributed by atoms with Crippen molar-refractivity contribution in [2.75, 3.05) is 13.2 Å². The van der Waals surface area contributed by atoms with Crippen molar-refractivity contribution >= 4 is 5.91 Å². The van der Waals surface area contributed by atoms with Crippen LogP contribution < -0.4 is 10.6 Å². The van der Waals surface area contributed by atoms with E-state index in [-0.39, 0.29) is 18.1 Å². The fourth-order valence-electron chi connectivity index (χ4n) is 2.61. The first kappa shape index (κ1) is 14.7. The summed E-state index contributed by atoms with van der Waals surface area (Å²) in [7, 11) is 0. The quantitative estimate of drug-likeness (QED) is 0.879. The second kappa shape index (κ2) is 6.72. The molecule has 0 spiro atoms. The molecule has 2 N–H and O–H groups in total. The second-order valence-electron chi connectivity index (χ2n) is 5.30. The first-order valence-corrected chi connectivity index (χ1v) is 7.46. The molecule has 1 amide bonds. The highest BCUT2D eigenvalue weighted by Crippen LogP contribution is 2.13. The Balaban J connectivity index is 1.68. The third kappa shape index (κ3) is 3.18. The van der Waals surface area contributed by atoms with Gasteiger partial charge in [-0.25, -0.2) is 4.68 Å². The molecule has 0 unspecified atom stereocenters. The summed E-state index contributed by atoms with van der Waals surface area (Å²) in [6.07, 6.45) is 3.51. The highest BCUT2D eigenvalue weighted by Gasteiger charge is 2.28. The molecule has 2 heterocycles. The first-order chi connectivity index (χ1) is 10.8. The van der Waals surface area contributed by atoms with Gasteiger partial charge in [0.15, 0.2) is 0 Å². The Morgan fingerprint density at radius 1 is 1.45 bits per heavy atom. The number of aromatic nitrogens is 2. The summed E-state index contributed by atoms with van der Waals surface area (Å²) in [6.45, 7) is 3.72. The monoisotopic (exact) mass is 300 g/mol. The van der Waals surface area contributed by atoms with Crippen LogP contribution in [0.15, 0.2) is 42.7 Å². The van der Waals surface area contributed by atoms with Gasteiger partial charge in [0.05, 0.1) is 18.4 Å².